The lowest BCUT2D eigenvalue weighted by molar-refractivity contribution is -0.0000299. The molecule has 0 bridgehead atoms. The first-order chi connectivity index (χ1) is 21.1. The summed E-state index contributed by atoms with van der Waals surface area (Å²) < 4.78 is 6.95. The highest BCUT2D eigenvalue weighted by Gasteiger charge is 2.31. The average Bonchev–Trinajstić information content (AvgIpc) is 3.02. The summed E-state index contributed by atoms with van der Waals surface area (Å²) >= 11 is 0. The van der Waals surface area contributed by atoms with E-state index in [0.29, 0.717) is 16.7 Å². The molecule has 0 spiro atoms. The van der Waals surface area contributed by atoms with E-state index in [-0.39, 0.29) is 28.8 Å². The fraction of sp³-hybridized carbons (Fsp3) is 0.500. The summed E-state index contributed by atoms with van der Waals surface area (Å²) in [5.41, 5.74) is 4.36. The molecule has 1 aromatic carbocycles. The molecule has 0 amide bonds. The van der Waals surface area contributed by atoms with Gasteiger partial charge in [0.15, 0.2) is 0 Å². The van der Waals surface area contributed by atoms with Crippen LogP contribution in [0.4, 0.5) is 5.69 Å². The Hall–Kier alpha value is -4.25. The lowest BCUT2D eigenvalue weighted by atomic mass is 9.80. The first kappa shape index (κ1) is 31.2. The lowest BCUT2D eigenvalue weighted by Gasteiger charge is -2.37. The minimum Gasteiger partial charge on any atom is -0.390 e. The zero-order chi connectivity index (χ0) is 31.4. The van der Waals surface area contributed by atoms with Crippen LogP contribution in [0.1, 0.15) is 68.8 Å². The van der Waals surface area contributed by atoms with Crippen LogP contribution in [0.5, 0.6) is 0 Å². The van der Waals surface area contributed by atoms with E-state index in [1.807, 2.05) is 32.7 Å². The van der Waals surface area contributed by atoms with Crippen molar-refractivity contribution in [2.75, 3.05) is 38.3 Å². The quantitative estimate of drug-likeness (QED) is 0.284. The van der Waals surface area contributed by atoms with Gasteiger partial charge in [-0.1, -0.05) is 23.4 Å². The number of anilines is 1. The Balaban J connectivity index is 1.41. The molecule has 5 rings (SSSR count). The molecule has 44 heavy (non-hydrogen) atoms. The Labute approximate surface area is 259 Å². The van der Waals surface area contributed by atoms with Crippen LogP contribution in [0.25, 0.3) is 11.0 Å². The number of oxime groups is 1. The Kier molecular flexibility index (Phi) is 9.33. The van der Waals surface area contributed by atoms with Gasteiger partial charge in [-0.15, -0.1) is 0 Å². The summed E-state index contributed by atoms with van der Waals surface area (Å²) in [5, 5.41) is 24.3. The number of rotatable bonds is 7. The molecule has 0 unspecified atom stereocenters. The molecule has 0 radical (unpaired) electrons. The second-order valence-electron chi connectivity index (χ2n) is 12.8. The third-order valence-electron chi connectivity index (χ3n) is 8.58. The number of benzene rings is 1. The molecule has 230 valence electrons. The van der Waals surface area contributed by atoms with Crippen LogP contribution < -0.4 is 10.5 Å². The van der Waals surface area contributed by atoms with Crippen LogP contribution in [0.15, 0.2) is 46.3 Å². The smallest absolute Gasteiger partial charge is 0.270 e. The molecule has 10 nitrogen and oxygen atoms in total. The standard InChI is InChI=1S/C34H41N7O3/c1-34(2,3)44-38-30(25-8-6-7-23(19-25)22-41-15-17-43-18-16-41)24-9-12-27(13-10-24)39(4)32-28(21-36)33(42)40(5)29-14-11-26(20-35)37-31(29)32/h6-8,11,14,19,24,27H,9-10,12-13,15-18,22H2,1-5H3/b38-30-. The monoisotopic (exact) mass is 595 g/mol. The maximum Gasteiger partial charge on any atom is 0.270 e. The van der Waals surface area contributed by atoms with Crippen molar-refractivity contribution in [2.24, 2.45) is 18.1 Å². The molecular weight excluding hydrogens is 554 g/mol. The van der Waals surface area contributed by atoms with E-state index in [9.17, 15) is 15.3 Å². The third kappa shape index (κ3) is 6.77. The SMILES string of the molecule is CN(c1c(C#N)c(=O)n(C)c2ccc(C#N)nc12)C1CCC(/C(=N/OC(C)(C)C)c2cccc(CN3CCOCC3)c2)CC1. The molecule has 0 N–H and O–H groups in total. The van der Waals surface area contributed by atoms with Gasteiger partial charge in [0.1, 0.15) is 34.5 Å². The van der Waals surface area contributed by atoms with Gasteiger partial charge in [0.25, 0.3) is 5.56 Å². The summed E-state index contributed by atoms with van der Waals surface area (Å²) in [6.45, 7) is 10.3. The highest BCUT2D eigenvalue weighted by Crippen LogP contribution is 2.35. The Morgan fingerprint density at radius 1 is 1.11 bits per heavy atom. The summed E-state index contributed by atoms with van der Waals surface area (Å²) in [7, 11) is 3.55. The Morgan fingerprint density at radius 3 is 2.50 bits per heavy atom. The Morgan fingerprint density at radius 2 is 1.84 bits per heavy atom. The summed E-state index contributed by atoms with van der Waals surface area (Å²) in [6, 6.07) is 16.2. The molecule has 1 saturated carbocycles. The van der Waals surface area contributed by atoms with E-state index < -0.39 is 5.60 Å². The molecule has 0 atom stereocenters. The lowest BCUT2D eigenvalue weighted by Crippen LogP contribution is -2.39. The van der Waals surface area contributed by atoms with Gasteiger partial charge in [-0.3, -0.25) is 9.69 Å². The second kappa shape index (κ2) is 13.2. The number of nitrogens with zero attached hydrogens (tertiary/aromatic N) is 7. The maximum absolute atomic E-state index is 13.2. The van der Waals surface area contributed by atoms with Gasteiger partial charge < -0.3 is 19.0 Å². The van der Waals surface area contributed by atoms with Crippen molar-refractivity contribution in [1.82, 2.24) is 14.5 Å². The van der Waals surface area contributed by atoms with Gasteiger partial charge in [0.05, 0.1) is 30.1 Å². The van der Waals surface area contributed by atoms with E-state index in [2.05, 4.69) is 46.3 Å². The number of pyridine rings is 2. The van der Waals surface area contributed by atoms with Gasteiger partial charge in [0, 0.05) is 45.7 Å². The molecule has 2 fully saturated rings. The Bertz CT molecular complexity index is 1680. The van der Waals surface area contributed by atoms with Crippen molar-refractivity contribution >= 4 is 22.4 Å². The normalized spacial score (nSPS) is 19.8. The second-order valence-corrected chi connectivity index (χ2v) is 12.8. The number of aryl methyl sites for hydroxylation is 1. The highest BCUT2D eigenvalue weighted by atomic mass is 16.6. The van der Waals surface area contributed by atoms with Gasteiger partial charge in [-0.2, -0.15) is 10.5 Å². The average molecular weight is 596 g/mol. The van der Waals surface area contributed by atoms with Crippen LogP contribution in [0, 0.1) is 28.6 Å². The number of hydrogen-bond donors (Lipinski definition) is 0. The first-order valence-corrected chi connectivity index (χ1v) is 15.3. The van der Waals surface area contributed by atoms with E-state index in [1.54, 1.807) is 19.2 Å². The van der Waals surface area contributed by atoms with Crippen LogP contribution in [-0.2, 0) is 23.2 Å². The molecule has 1 saturated heterocycles. The topological polar surface area (TPSA) is 120 Å². The molecule has 2 aliphatic rings. The predicted molar refractivity (Wildman–Crippen MR) is 170 cm³/mol. The van der Waals surface area contributed by atoms with Crippen LogP contribution in [0.3, 0.4) is 0 Å². The van der Waals surface area contributed by atoms with Crippen LogP contribution in [0.2, 0.25) is 0 Å². The molecule has 1 aliphatic carbocycles. The molecule has 10 heteroatoms. The number of hydrogen-bond acceptors (Lipinski definition) is 9. The summed E-state index contributed by atoms with van der Waals surface area (Å²) in [5.74, 6) is 0.194. The van der Waals surface area contributed by atoms with Gasteiger partial charge in [-0.05, 0) is 75.8 Å². The fourth-order valence-electron chi connectivity index (χ4n) is 6.21. The maximum atomic E-state index is 13.2. The molecule has 3 heterocycles. The number of fused-ring (bicyclic) bond motifs is 1. The summed E-state index contributed by atoms with van der Waals surface area (Å²) in [4.78, 5) is 28.1. The number of aromatic nitrogens is 2. The zero-order valence-electron chi connectivity index (χ0n) is 26.3. The van der Waals surface area contributed by atoms with Crippen molar-refractivity contribution in [3.05, 3.63) is 69.1 Å². The van der Waals surface area contributed by atoms with Gasteiger partial charge in [-0.25, -0.2) is 4.98 Å². The molecule has 1 aliphatic heterocycles. The largest absolute Gasteiger partial charge is 0.390 e. The predicted octanol–water partition coefficient (Wildman–Crippen LogP) is 4.72. The van der Waals surface area contributed by atoms with E-state index in [4.69, 9.17) is 14.7 Å². The van der Waals surface area contributed by atoms with Crippen molar-refractivity contribution < 1.29 is 9.57 Å². The van der Waals surface area contributed by atoms with Crippen LogP contribution >= 0.6 is 0 Å². The highest BCUT2D eigenvalue weighted by molar-refractivity contribution is 6.02. The minimum atomic E-state index is -0.419. The van der Waals surface area contributed by atoms with Crippen molar-refractivity contribution in [3.63, 3.8) is 0 Å². The van der Waals surface area contributed by atoms with Gasteiger partial charge >= 0.3 is 0 Å². The minimum absolute atomic E-state index is 0.0464. The third-order valence-corrected chi connectivity index (χ3v) is 8.58. The van der Waals surface area contributed by atoms with Crippen molar-refractivity contribution in [2.45, 2.75) is 64.6 Å². The molecular formula is C34H41N7O3. The number of nitriles is 2. The fourth-order valence-corrected chi connectivity index (χ4v) is 6.21. The van der Waals surface area contributed by atoms with E-state index >= 15 is 0 Å². The first-order valence-electron chi connectivity index (χ1n) is 15.3. The van der Waals surface area contributed by atoms with Crippen molar-refractivity contribution in [3.8, 4) is 12.1 Å². The van der Waals surface area contributed by atoms with E-state index in [1.165, 1.54) is 10.1 Å². The van der Waals surface area contributed by atoms with Crippen LogP contribution in [-0.4, -0.2) is 65.2 Å². The number of ether oxygens (including phenoxy) is 1. The van der Waals surface area contributed by atoms with Crippen molar-refractivity contribution in [1.29, 1.82) is 10.5 Å². The van der Waals surface area contributed by atoms with E-state index in [0.717, 1.165) is 69.8 Å². The molecule has 2 aromatic heterocycles. The zero-order valence-corrected chi connectivity index (χ0v) is 26.3. The summed E-state index contributed by atoms with van der Waals surface area (Å²) in [6.07, 6.45) is 3.42. The molecule has 3 aromatic rings. The van der Waals surface area contributed by atoms with Gasteiger partial charge in [0.2, 0.25) is 0 Å². The number of morpholine rings is 1.